The average molecular weight is 441 g/mol. The van der Waals surface area contributed by atoms with Crippen molar-refractivity contribution in [3.63, 3.8) is 0 Å². The molecule has 4 rings (SSSR count). The molecule has 4 atom stereocenters. The van der Waals surface area contributed by atoms with Gasteiger partial charge in [-0.05, 0) is 98.4 Å². The first-order valence-electron chi connectivity index (χ1n) is 11.5. The minimum atomic E-state index is -1.54. The predicted octanol–water partition coefficient (Wildman–Crippen LogP) is 7.91. The summed E-state index contributed by atoms with van der Waals surface area (Å²) < 4.78 is 54.5. The van der Waals surface area contributed by atoms with Crippen LogP contribution in [0, 0.1) is 52.9 Å². The van der Waals surface area contributed by atoms with Crippen molar-refractivity contribution >= 4 is 0 Å². The van der Waals surface area contributed by atoms with Gasteiger partial charge in [0.25, 0.3) is 0 Å². The molecule has 0 amide bonds. The van der Waals surface area contributed by atoms with Crippen LogP contribution in [0.2, 0.25) is 0 Å². The Morgan fingerprint density at radius 1 is 0.844 bits per heavy atom. The SMILES string of the molecule is C=CCCC1CCC2CC(c3ccc(C#Cc4cc(F)c(F)c(F)c4)c(F)c3)CCC2C1. The van der Waals surface area contributed by atoms with E-state index in [1.807, 2.05) is 12.1 Å². The predicted molar refractivity (Wildman–Crippen MR) is 119 cm³/mol. The van der Waals surface area contributed by atoms with E-state index in [-0.39, 0.29) is 11.1 Å². The lowest BCUT2D eigenvalue weighted by Gasteiger charge is -2.42. The average Bonchev–Trinajstić information content (AvgIpc) is 2.79. The van der Waals surface area contributed by atoms with E-state index < -0.39 is 23.3 Å². The number of benzene rings is 2. The van der Waals surface area contributed by atoms with E-state index in [1.54, 1.807) is 12.1 Å². The van der Waals surface area contributed by atoms with Crippen LogP contribution in [-0.4, -0.2) is 0 Å². The summed E-state index contributed by atoms with van der Waals surface area (Å²) in [5, 5.41) is 0. The van der Waals surface area contributed by atoms with Crippen LogP contribution in [-0.2, 0) is 0 Å². The first-order valence-corrected chi connectivity index (χ1v) is 11.5. The van der Waals surface area contributed by atoms with Gasteiger partial charge in [-0.2, -0.15) is 0 Å². The fourth-order valence-electron chi connectivity index (χ4n) is 5.56. The van der Waals surface area contributed by atoms with E-state index in [0.29, 0.717) is 5.92 Å². The van der Waals surface area contributed by atoms with Crippen molar-refractivity contribution in [2.24, 2.45) is 17.8 Å². The molecule has 0 bridgehead atoms. The van der Waals surface area contributed by atoms with Gasteiger partial charge in [0.1, 0.15) is 5.82 Å². The highest BCUT2D eigenvalue weighted by atomic mass is 19.2. The van der Waals surface area contributed by atoms with Crippen molar-refractivity contribution in [2.45, 2.75) is 57.3 Å². The van der Waals surface area contributed by atoms with Gasteiger partial charge in [-0.3, -0.25) is 0 Å². The molecule has 0 N–H and O–H groups in total. The maximum absolute atomic E-state index is 14.7. The summed E-state index contributed by atoms with van der Waals surface area (Å²) in [6.45, 7) is 3.84. The molecule has 0 nitrogen and oxygen atoms in total. The van der Waals surface area contributed by atoms with Gasteiger partial charge in [0.05, 0.1) is 5.56 Å². The van der Waals surface area contributed by atoms with E-state index in [9.17, 15) is 17.6 Å². The van der Waals surface area contributed by atoms with Crippen LogP contribution in [0.5, 0.6) is 0 Å². The molecule has 168 valence electrons. The van der Waals surface area contributed by atoms with E-state index >= 15 is 0 Å². The third kappa shape index (κ3) is 5.09. The van der Waals surface area contributed by atoms with Gasteiger partial charge in [0, 0.05) is 5.56 Å². The number of halogens is 4. The van der Waals surface area contributed by atoms with Gasteiger partial charge in [-0.1, -0.05) is 30.4 Å². The Morgan fingerprint density at radius 2 is 1.56 bits per heavy atom. The summed E-state index contributed by atoms with van der Waals surface area (Å²) in [6.07, 6.45) is 11.6. The highest BCUT2D eigenvalue weighted by Crippen LogP contribution is 2.48. The molecule has 4 heteroatoms. The largest absolute Gasteiger partial charge is 0.206 e. The fraction of sp³-hybridized carbons (Fsp3) is 0.429. The molecule has 2 aliphatic rings. The lowest BCUT2D eigenvalue weighted by Crippen LogP contribution is -2.30. The van der Waals surface area contributed by atoms with Gasteiger partial charge in [-0.25, -0.2) is 17.6 Å². The molecule has 0 aromatic heterocycles. The maximum atomic E-state index is 14.7. The second-order valence-corrected chi connectivity index (χ2v) is 9.32. The zero-order chi connectivity index (χ0) is 22.7. The number of fused-ring (bicyclic) bond motifs is 1. The van der Waals surface area contributed by atoms with E-state index in [2.05, 4.69) is 18.4 Å². The van der Waals surface area contributed by atoms with Crippen molar-refractivity contribution in [3.05, 3.63) is 82.9 Å². The standard InChI is InChI=1S/C28H28F4/c1-2-3-4-18-5-8-22-16-23(12-11-21(22)13-18)24-10-9-20(25(29)17-24)7-6-19-14-26(30)28(32)27(31)15-19/h2,9-10,14-15,17-18,21-23H,1,3-5,8,11-13,16H2. The molecule has 0 heterocycles. The van der Waals surface area contributed by atoms with Crippen molar-refractivity contribution < 1.29 is 17.6 Å². The van der Waals surface area contributed by atoms with E-state index in [0.717, 1.165) is 54.7 Å². The topological polar surface area (TPSA) is 0 Å². The molecular weight excluding hydrogens is 412 g/mol. The Morgan fingerprint density at radius 3 is 2.28 bits per heavy atom. The Balaban J connectivity index is 1.42. The van der Waals surface area contributed by atoms with Crippen molar-refractivity contribution in [1.82, 2.24) is 0 Å². The molecule has 2 aromatic rings. The number of hydrogen-bond acceptors (Lipinski definition) is 0. The van der Waals surface area contributed by atoms with Crippen LogP contribution in [0.25, 0.3) is 0 Å². The molecule has 0 spiro atoms. The quantitative estimate of drug-likeness (QED) is 0.196. The molecule has 2 aromatic carbocycles. The highest BCUT2D eigenvalue weighted by Gasteiger charge is 2.35. The van der Waals surface area contributed by atoms with Crippen LogP contribution in [0.1, 0.15) is 74.0 Å². The Bertz CT molecular complexity index is 1020. The molecule has 0 aliphatic heterocycles. The zero-order valence-electron chi connectivity index (χ0n) is 18.1. The molecule has 2 aliphatic carbocycles. The molecule has 2 saturated carbocycles. The molecule has 4 unspecified atom stereocenters. The van der Waals surface area contributed by atoms with Gasteiger partial charge in [0.2, 0.25) is 0 Å². The number of hydrogen-bond donors (Lipinski definition) is 0. The van der Waals surface area contributed by atoms with Crippen molar-refractivity contribution in [3.8, 4) is 11.8 Å². The summed E-state index contributed by atoms with van der Waals surface area (Å²) in [7, 11) is 0. The van der Waals surface area contributed by atoms with Crippen LogP contribution in [0.3, 0.4) is 0 Å². The summed E-state index contributed by atoms with van der Waals surface area (Å²) in [5.74, 6) is 3.24. The van der Waals surface area contributed by atoms with Crippen molar-refractivity contribution in [1.29, 1.82) is 0 Å². The summed E-state index contributed by atoms with van der Waals surface area (Å²) in [5.41, 5.74) is 1.13. The summed E-state index contributed by atoms with van der Waals surface area (Å²) >= 11 is 0. The van der Waals surface area contributed by atoms with Crippen LogP contribution in [0.4, 0.5) is 17.6 Å². The Labute approximate surface area is 187 Å². The fourth-order valence-corrected chi connectivity index (χ4v) is 5.56. The van der Waals surface area contributed by atoms with Crippen LogP contribution < -0.4 is 0 Å². The second kappa shape index (κ2) is 9.94. The zero-order valence-corrected chi connectivity index (χ0v) is 18.1. The first-order chi connectivity index (χ1) is 15.4. The second-order valence-electron chi connectivity index (χ2n) is 9.32. The van der Waals surface area contributed by atoms with E-state index in [1.165, 1.54) is 32.1 Å². The Kier molecular flexibility index (Phi) is 7.04. The monoisotopic (exact) mass is 440 g/mol. The normalized spacial score (nSPS) is 24.9. The Hall–Kier alpha value is -2.54. The third-order valence-electron chi connectivity index (χ3n) is 7.29. The maximum Gasteiger partial charge on any atom is 0.194 e. The van der Waals surface area contributed by atoms with Gasteiger partial charge in [0.15, 0.2) is 17.5 Å². The molecule has 0 saturated heterocycles. The third-order valence-corrected chi connectivity index (χ3v) is 7.29. The van der Waals surface area contributed by atoms with Crippen LogP contribution >= 0.6 is 0 Å². The number of allylic oxidation sites excluding steroid dienone is 1. The summed E-state index contributed by atoms with van der Waals surface area (Å²) in [4.78, 5) is 0. The minimum Gasteiger partial charge on any atom is -0.206 e. The molecule has 0 radical (unpaired) electrons. The summed E-state index contributed by atoms with van der Waals surface area (Å²) in [6, 6.07) is 6.72. The minimum absolute atomic E-state index is 0.0353. The molecular formula is C28H28F4. The van der Waals surface area contributed by atoms with Crippen LogP contribution in [0.15, 0.2) is 43.0 Å². The smallest absolute Gasteiger partial charge is 0.194 e. The van der Waals surface area contributed by atoms with Gasteiger partial charge >= 0.3 is 0 Å². The lowest BCUT2D eigenvalue weighted by molar-refractivity contribution is 0.115. The molecule has 32 heavy (non-hydrogen) atoms. The van der Waals surface area contributed by atoms with Gasteiger partial charge in [-0.15, -0.1) is 6.58 Å². The molecule has 2 fully saturated rings. The van der Waals surface area contributed by atoms with Gasteiger partial charge < -0.3 is 0 Å². The lowest BCUT2D eigenvalue weighted by atomic mass is 9.63. The first kappa shape index (κ1) is 22.6. The van der Waals surface area contributed by atoms with Crippen molar-refractivity contribution in [2.75, 3.05) is 0 Å². The number of rotatable bonds is 4. The highest BCUT2D eigenvalue weighted by molar-refractivity contribution is 5.45. The van der Waals surface area contributed by atoms with E-state index in [4.69, 9.17) is 0 Å².